The Balaban J connectivity index is 0. The molecule has 0 rings (SSSR count). The summed E-state index contributed by atoms with van der Waals surface area (Å²) in [6, 6.07) is 0. The van der Waals surface area contributed by atoms with Crippen molar-refractivity contribution >= 4 is 17.9 Å². The number of rotatable bonds is 16. The highest BCUT2D eigenvalue weighted by Gasteiger charge is 2.39. The Morgan fingerprint density at radius 3 is 1.65 bits per heavy atom. The van der Waals surface area contributed by atoms with Crippen molar-refractivity contribution in [2.45, 2.75) is 25.9 Å². The van der Waals surface area contributed by atoms with Crippen molar-refractivity contribution in [3.05, 3.63) is 12.7 Å². The fourth-order valence-corrected chi connectivity index (χ4v) is 1.74. The van der Waals surface area contributed by atoms with Gasteiger partial charge in [0.15, 0.2) is 0 Å². The van der Waals surface area contributed by atoms with Gasteiger partial charge in [0.05, 0.1) is 69.9 Å². The molecular formula is C18H32O13. The molecule has 0 heterocycles. The number of carbonyl (C=O) groups is 3. The minimum Gasteiger partial charge on any atom is -0.481 e. The lowest BCUT2D eigenvalue weighted by molar-refractivity contribution is -0.319. The fourth-order valence-electron chi connectivity index (χ4n) is 1.74. The standard InChI is InChI=1S/C14H26O9.C4H6O4/c1-3-12(20)23-22-11(2)14(7-18,8-19)10-21-9-13(4-15,5-16)6-17;5-3(6)1-2-4(7)8/h3,11,15-19H,1,4-10H2,2H3;1-2H2,(H,5,6)(H,7,8). The number of carboxylic acids is 2. The van der Waals surface area contributed by atoms with E-state index in [2.05, 4.69) is 11.5 Å². The molecule has 0 aromatic carbocycles. The van der Waals surface area contributed by atoms with Gasteiger partial charge in [-0.25, -0.2) is 4.79 Å². The number of ether oxygens (including phenoxy) is 1. The Morgan fingerprint density at radius 1 is 0.871 bits per heavy atom. The molecule has 0 bridgehead atoms. The average molecular weight is 456 g/mol. The van der Waals surface area contributed by atoms with Crippen LogP contribution in [0, 0.1) is 10.8 Å². The van der Waals surface area contributed by atoms with E-state index in [0.717, 1.165) is 6.08 Å². The van der Waals surface area contributed by atoms with Crippen LogP contribution in [-0.2, 0) is 28.9 Å². The summed E-state index contributed by atoms with van der Waals surface area (Å²) in [7, 11) is 0. The molecule has 0 aromatic rings. The Morgan fingerprint density at radius 2 is 1.32 bits per heavy atom. The first kappa shape index (κ1) is 31.1. The van der Waals surface area contributed by atoms with Gasteiger partial charge in [-0.3, -0.25) is 14.5 Å². The molecule has 0 spiro atoms. The lowest BCUT2D eigenvalue weighted by Crippen LogP contribution is -2.47. The molecule has 31 heavy (non-hydrogen) atoms. The first-order valence-electron chi connectivity index (χ1n) is 9.07. The highest BCUT2D eigenvalue weighted by Crippen LogP contribution is 2.26. The molecule has 0 aliphatic heterocycles. The second-order valence-electron chi connectivity index (χ2n) is 6.78. The second kappa shape index (κ2) is 16.5. The van der Waals surface area contributed by atoms with Gasteiger partial charge in [0.25, 0.3) is 0 Å². The van der Waals surface area contributed by atoms with Crippen LogP contribution in [0.25, 0.3) is 0 Å². The first-order chi connectivity index (χ1) is 14.5. The highest BCUT2D eigenvalue weighted by molar-refractivity contribution is 5.80. The normalized spacial score (nSPS) is 12.3. The van der Waals surface area contributed by atoms with Gasteiger partial charge in [-0.15, -0.1) is 0 Å². The summed E-state index contributed by atoms with van der Waals surface area (Å²) in [5.74, 6) is -2.98. The maximum atomic E-state index is 11.0. The zero-order valence-corrected chi connectivity index (χ0v) is 17.3. The molecule has 0 radical (unpaired) electrons. The Labute approximate surface area is 179 Å². The molecule has 13 heteroatoms. The quantitative estimate of drug-likeness (QED) is 0.0754. The summed E-state index contributed by atoms with van der Waals surface area (Å²) in [6.45, 7) is 1.62. The molecule has 13 nitrogen and oxygen atoms in total. The largest absolute Gasteiger partial charge is 0.481 e. The lowest BCUT2D eigenvalue weighted by atomic mass is 9.85. The van der Waals surface area contributed by atoms with Crippen molar-refractivity contribution in [2.24, 2.45) is 10.8 Å². The predicted octanol–water partition coefficient (Wildman–Crippen LogP) is -2.08. The van der Waals surface area contributed by atoms with Crippen LogP contribution in [0.15, 0.2) is 12.7 Å². The van der Waals surface area contributed by atoms with Gasteiger partial charge < -0.3 is 40.5 Å². The van der Waals surface area contributed by atoms with E-state index >= 15 is 0 Å². The monoisotopic (exact) mass is 456 g/mol. The number of hydrogen-bond donors (Lipinski definition) is 7. The molecule has 0 aliphatic carbocycles. The van der Waals surface area contributed by atoms with Crippen LogP contribution in [0.4, 0.5) is 0 Å². The van der Waals surface area contributed by atoms with Crippen molar-refractivity contribution in [3.8, 4) is 0 Å². The summed E-state index contributed by atoms with van der Waals surface area (Å²) >= 11 is 0. The molecule has 0 saturated heterocycles. The topological polar surface area (TPSA) is 221 Å². The average Bonchev–Trinajstić information content (AvgIpc) is 2.77. The van der Waals surface area contributed by atoms with Gasteiger partial charge in [-0.1, -0.05) is 6.58 Å². The molecule has 0 fully saturated rings. The van der Waals surface area contributed by atoms with E-state index in [-0.39, 0.29) is 26.1 Å². The van der Waals surface area contributed by atoms with Gasteiger partial charge in [-0.05, 0) is 6.92 Å². The summed E-state index contributed by atoms with van der Waals surface area (Å²) in [5, 5.41) is 62.5. The summed E-state index contributed by atoms with van der Waals surface area (Å²) in [6.07, 6.45) is -0.626. The van der Waals surface area contributed by atoms with Crippen LogP contribution in [-0.4, -0.2) is 106 Å². The zero-order chi connectivity index (χ0) is 24.5. The van der Waals surface area contributed by atoms with Crippen molar-refractivity contribution in [1.29, 1.82) is 0 Å². The van der Waals surface area contributed by atoms with Gasteiger partial charge in [0.2, 0.25) is 0 Å². The third kappa shape index (κ3) is 12.3. The van der Waals surface area contributed by atoms with E-state index in [1.165, 1.54) is 6.92 Å². The summed E-state index contributed by atoms with van der Waals surface area (Å²) in [4.78, 5) is 39.5. The number of hydrogen-bond acceptors (Lipinski definition) is 11. The number of carboxylic acid groups (broad SMARTS) is 2. The zero-order valence-electron chi connectivity index (χ0n) is 17.3. The maximum absolute atomic E-state index is 11.0. The smallest absolute Gasteiger partial charge is 0.365 e. The number of aliphatic carboxylic acids is 2. The number of carbonyl (C=O) groups excluding carboxylic acids is 1. The predicted molar refractivity (Wildman–Crippen MR) is 102 cm³/mol. The molecule has 7 N–H and O–H groups in total. The molecule has 0 amide bonds. The Hall–Kier alpha value is -2.13. The van der Waals surface area contributed by atoms with Gasteiger partial charge in [0.1, 0.15) is 6.10 Å². The fraction of sp³-hybridized carbons (Fsp3) is 0.722. The Kier molecular flexibility index (Phi) is 16.6. The van der Waals surface area contributed by atoms with Crippen LogP contribution < -0.4 is 0 Å². The van der Waals surface area contributed by atoms with Crippen LogP contribution in [0.2, 0.25) is 0 Å². The van der Waals surface area contributed by atoms with E-state index < -0.39 is 67.9 Å². The maximum Gasteiger partial charge on any atom is 0.365 e. The van der Waals surface area contributed by atoms with Gasteiger partial charge >= 0.3 is 17.9 Å². The molecule has 0 aromatic heterocycles. The summed E-state index contributed by atoms with van der Waals surface area (Å²) < 4.78 is 5.33. The van der Waals surface area contributed by atoms with Crippen LogP contribution in [0.5, 0.6) is 0 Å². The molecular weight excluding hydrogens is 424 g/mol. The number of aliphatic hydroxyl groups excluding tert-OH is 5. The van der Waals surface area contributed by atoms with Crippen molar-refractivity contribution in [2.75, 3.05) is 46.2 Å². The van der Waals surface area contributed by atoms with Crippen molar-refractivity contribution in [1.82, 2.24) is 0 Å². The van der Waals surface area contributed by atoms with Gasteiger partial charge in [0, 0.05) is 6.08 Å². The first-order valence-corrected chi connectivity index (χ1v) is 9.07. The molecule has 182 valence electrons. The minimum atomic E-state index is -1.30. The SMILES string of the molecule is C=CC(=O)OOC(C)C(CO)(CO)COCC(CO)(CO)CO.O=C(O)CCC(=O)O. The highest BCUT2D eigenvalue weighted by atomic mass is 17.2. The number of aliphatic hydroxyl groups is 5. The molecule has 1 atom stereocenters. The third-order valence-corrected chi connectivity index (χ3v) is 4.29. The lowest BCUT2D eigenvalue weighted by Gasteiger charge is -2.35. The van der Waals surface area contributed by atoms with E-state index in [4.69, 9.17) is 19.8 Å². The van der Waals surface area contributed by atoms with Crippen LogP contribution in [0.1, 0.15) is 19.8 Å². The van der Waals surface area contributed by atoms with Crippen LogP contribution in [0.3, 0.4) is 0 Å². The van der Waals surface area contributed by atoms with Crippen molar-refractivity contribution in [3.63, 3.8) is 0 Å². The second-order valence-corrected chi connectivity index (χ2v) is 6.78. The van der Waals surface area contributed by atoms with Crippen LogP contribution >= 0.6 is 0 Å². The summed E-state index contributed by atoms with van der Waals surface area (Å²) in [5.41, 5.74) is -2.54. The van der Waals surface area contributed by atoms with E-state index in [1.807, 2.05) is 0 Å². The Bertz CT molecular complexity index is 518. The minimum absolute atomic E-state index is 0.211. The molecule has 0 aliphatic rings. The molecule has 1 unspecified atom stereocenters. The van der Waals surface area contributed by atoms with E-state index in [0.29, 0.717) is 0 Å². The van der Waals surface area contributed by atoms with Gasteiger partial charge in [-0.2, -0.15) is 4.89 Å². The third-order valence-electron chi connectivity index (χ3n) is 4.29. The van der Waals surface area contributed by atoms with E-state index in [1.54, 1.807) is 0 Å². The molecule has 0 saturated carbocycles. The van der Waals surface area contributed by atoms with E-state index in [9.17, 15) is 39.9 Å². The van der Waals surface area contributed by atoms with Crippen molar-refractivity contribution < 1.29 is 64.6 Å².